The summed E-state index contributed by atoms with van der Waals surface area (Å²) in [7, 11) is -2.92. The fourth-order valence-corrected chi connectivity index (χ4v) is 6.80. The molecule has 3 heterocycles. The third kappa shape index (κ3) is 10.3. The van der Waals surface area contributed by atoms with E-state index in [9.17, 15) is 27.6 Å². The molecule has 14 heteroatoms. The third-order valence-corrected chi connectivity index (χ3v) is 9.66. The summed E-state index contributed by atoms with van der Waals surface area (Å²) in [6.45, 7) is 13.7. The van der Waals surface area contributed by atoms with E-state index in [4.69, 9.17) is 4.74 Å². The van der Waals surface area contributed by atoms with Crippen LogP contribution in [0.5, 0.6) is 0 Å². The number of aromatic nitrogens is 1. The molecule has 2 saturated heterocycles. The number of rotatable bonds is 11. The van der Waals surface area contributed by atoms with Crippen LogP contribution in [0.25, 0.3) is 17.0 Å². The highest BCUT2D eigenvalue weighted by atomic mass is 32.2. The summed E-state index contributed by atoms with van der Waals surface area (Å²) in [6.07, 6.45) is 6.00. The second kappa shape index (κ2) is 16.8. The maximum Gasteiger partial charge on any atom is 0.325 e. The molecule has 4 rings (SSSR count). The van der Waals surface area contributed by atoms with E-state index in [0.29, 0.717) is 38.0 Å². The van der Waals surface area contributed by atoms with Crippen LogP contribution in [0.3, 0.4) is 0 Å². The van der Waals surface area contributed by atoms with Crippen LogP contribution in [0.4, 0.5) is 0 Å². The normalized spacial score (nSPS) is 20.4. The highest BCUT2D eigenvalue weighted by Crippen LogP contribution is 2.22. The number of hydrogen-bond donors (Lipinski definition) is 3. The van der Waals surface area contributed by atoms with Gasteiger partial charge in [-0.2, -0.15) is 4.31 Å². The number of carbonyl (C=O) groups is 4. The van der Waals surface area contributed by atoms with Gasteiger partial charge in [-0.3, -0.25) is 24.2 Å². The van der Waals surface area contributed by atoms with Crippen molar-refractivity contribution in [2.24, 2.45) is 5.92 Å². The minimum Gasteiger partial charge on any atom is -0.455 e. The molecule has 5 atom stereocenters. The van der Waals surface area contributed by atoms with Gasteiger partial charge in [0.1, 0.15) is 24.2 Å². The lowest BCUT2D eigenvalue weighted by Crippen LogP contribution is -2.60. The fourth-order valence-electron chi connectivity index (χ4n) is 5.58. The predicted octanol–water partition coefficient (Wildman–Crippen LogP) is 2.68. The van der Waals surface area contributed by atoms with E-state index in [1.807, 2.05) is 37.3 Å². The first kappa shape index (κ1) is 37.6. The number of nitrogens with zero attached hydrogens (tertiary/aromatic N) is 3. The number of fused-ring (bicyclic) bond motifs is 1. The highest BCUT2D eigenvalue weighted by molar-refractivity contribution is 7.88. The summed E-state index contributed by atoms with van der Waals surface area (Å²) in [4.78, 5) is 53.8. The fraction of sp³-hybridized carbons (Fsp3) is 0.545. The Balaban J connectivity index is 0.000000511. The maximum absolute atomic E-state index is 13.0. The number of pyridine rings is 1. The summed E-state index contributed by atoms with van der Waals surface area (Å²) in [6, 6.07) is 7.49. The standard InChI is InChI=1S/C27H35N5O5.C6H13NO2S/c1-6-19-9-10-20-11-12-21(30-23(20)14-19)18(5)37-27(36)22-8-7-13-32(31-22)26(35)17(4)29-25(34)24(16(2)3)28-15-33;1-6-4-3-5-7(6)10(2,8)9/h6,9-12,14-18,22,24,31H,1,7-8,13H2,2-5H3,(H,28,33)(H,29,34);6H,3-5H2,1-2H3/t17?,18-,22?,24?;/m1./s1. The Bertz CT molecular complexity index is 1550. The molecule has 4 unspecified atom stereocenters. The first-order valence-corrected chi connectivity index (χ1v) is 17.8. The summed E-state index contributed by atoms with van der Waals surface area (Å²) in [5, 5.41) is 7.42. The largest absolute Gasteiger partial charge is 0.455 e. The lowest BCUT2D eigenvalue weighted by molar-refractivity contribution is -0.157. The molecule has 1 aromatic heterocycles. The van der Waals surface area contributed by atoms with Crippen molar-refractivity contribution in [3.05, 3.63) is 48.2 Å². The number of hydrogen-bond acceptors (Lipinski definition) is 9. The molecule has 2 aliphatic heterocycles. The van der Waals surface area contributed by atoms with Gasteiger partial charge in [-0.15, -0.1) is 0 Å². The van der Waals surface area contributed by atoms with Crippen molar-refractivity contribution in [2.45, 2.75) is 90.6 Å². The molecule has 2 aliphatic rings. The van der Waals surface area contributed by atoms with Gasteiger partial charge < -0.3 is 15.4 Å². The number of esters is 1. The van der Waals surface area contributed by atoms with E-state index in [1.165, 1.54) is 11.3 Å². The van der Waals surface area contributed by atoms with E-state index < -0.39 is 46.1 Å². The van der Waals surface area contributed by atoms with Crippen molar-refractivity contribution in [1.29, 1.82) is 0 Å². The molecule has 258 valence electrons. The number of hydrazine groups is 1. The Labute approximate surface area is 277 Å². The monoisotopic (exact) mass is 672 g/mol. The van der Waals surface area contributed by atoms with Gasteiger partial charge in [-0.05, 0) is 70.1 Å². The van der Waals surface area contributed by atoms with Crippen molar-refractivity contribution < 1.29 is 32.3 Å². The van der Waals surface area contributed by atoms with Crippen LogP contribution in [0.1, 0.15) is 77.7 Å². The highest BCUT2D eigenvalue weighted by Gasteiger charge is 2.33. The molecule has 0 radical (unpaired) electrons. The molecule has 3 amide bonds. The van der Waals surface area contributed by atoms with Gasteiger partial charge in [0.2, 0.25) is 22.3 Å². The van der Waals surface area contributed by atoms with Gasteiger partial charge in [-0.25, -0.2) is 18.8 Å². The molecule has 1 aromatic carbocycles. The van der Waals surface area contributed by atoms with Crippen molar-refractivity contribution in [3.63, 3.8) is 0 Å². The molecule has 3 N–H and O–H groups in total. The van der Waals surface area contributed by atoms with Crippen LogP contribution in [0.15, 0.2) is 36.9 Å². The number of sulfonamides is 1. The van der Waals surface area contributed by atoms with Gasteiger partial charge in [0.15, 0.2) is 0 Å². The van der Waals surface area contributed by atoms with Gasteiger partial charge in [0.05, 0.1) is 17.5 Å². The Morgan fingerprint density at radius 1 is 1.09 bits per heavy atom. The molecule has 2 fully saturated rings. The summed E-state index contributed by atoms with van der Waals surface area (Å²) in [5.74, 6) is -1.48. The zero-order valence-corrected chi connectivity index (χ0v) is 28.9. The van der Waals surface area contributed by atoms with E-state index in [1.54, 1.807) is 38.1 Å². The summed E-state index contributed by atoms with van der Waals surface area (Å²) < 4.78 is 29.2. The van der Waals surface area contributed by atoms with Crippen LogP contribution in [0.2, 0.25) is 0 Å². The molecule has 0 bridgehead atoms. The first-order chi connectivity index (χ1) is 22.2. The smallest absolute Gasteiger partial charge is 0.325 e. The number of ether oxygens (including phenoxy) is 1. The second-order valence-electron chi connectivity index (χ2n) is 12.4. The Hall–Kier alpha value is -3.88. The van der Waals surface area contributed by atoms with Crippen LogP contribution in [0, 0.1) is 5.92 Å². The molecule has 13 nitrogen and oxygen atoms in total. The van der Waals surface area contributed by atoms with Crippen LogP contribution in [-0.4, -0.2) is 90.4 Å². The van der Waals surface area contributed by atoms with Crippen molar-refractivity contribution in [3.8, 4) is 0 Å². The minimum atomic E-state index is -2.92. The van der Waals surface area contributed by atoms with Crippen molar-refractivity contribution in [1.82, 2.24) is 30.4 Å². The Kier molecular flexibility index (Phi) is 13.4. The topological polar surface area (TPSA) is 167 Å². The lowest BCUT2D eigenvalue weighted by Gasteiger charge is -2.35. The summed E-state index contributed by atoms with van der Waals surface area (Å²) in [5.41, 5.74) is 5.29. The average molecular weight is 673 g/mol. The third-order valence-electron chi connectivity index (χ3n) is 8.26. The SMILES string of the molecule is C=Cc1ccc2ccc([C@@H](C)OC(=O)C3CCCN(C(=O)C(C)NC(=O)C(NC=O)C(C)C)N3)nc2c1.CC1CCCN1S(C)(=O)=O. The Morgan fingerprint density at radius 3 is 2.34 bits per heavy atom. The number of amides is 3. The number of benzene rings is 1. The van der Waals surface area contributed by atoms with Crippen LogP contribution >= 0.6 is 0 Å². The molecule has 0 saturated carbocycles. The molecular formula is C33H48N6O7S. The van der Waals surface area contributed by atoms with Crippen LogP contribution < -0.4 is 16.1 Å². The quantitative estimate of drug-likeness (QED) is 0.240. The van der Waals surface area contributed by atoms with Gasteiger partial charge in [0, 0.05) is 24.5 Å². The summed E-state index contributed by atoms with van der Waals surface area (Å²) >= 11 is 0. The van der Waals surface area contributed by atoms with Crippen molar-refractivity contribution in [2.75, 3.05) is 19.3 Å². The number of nitrogens with one attached hydrogen (secondary N) is 3. The number of carbonyl (C=O) groups excluding carboxylic acids is 4. The zero-order chi connectivity index (χ0) is 34.9. The van der Waals surface area contributed by atoms with Gasteiger partial charge >= 0.3 is 5.97 Å². The molecule has 0 aliphatic carbocycles. The van der Waals surface area contributed by atoms with E-state index in [2.05, 4.69) is 27.6 Å². The average Bonchev–Trinajstić information content (AvgIpc) is 3.49. The predicted molar refractivity (Wildman–Crippen MR) is 180 cm³/mol. The first-order valence-electron chi connectivity index (χ1n) is 15.9. The van der Waals surface area contributed by atoms with E-state index in [-0.39, 0.29) is 17.9 Å². The lowest BCUT2D eigenvalue weighted by atomic mass is 10.0. The Morgan fingerprint density at radius 2 is 1.77 bits per heavy atom. The molecular weight excluding hydrogens is 624 g/mol. The van der Waals surface area contributed by atoms with Gasteiger partial charge in [-0.1, -0.05) is 44.7 Å². The second-order valence-corrected chi connectivity index (χ2v) is 14.3. The van der Waals surface area contributed by atoms with E-state index in [0.717, 1.165) is 29.3 Å². The molecule has 2 aromatic rings. The van der Waals surface area contributed by atoms with Crippen molar-refractivity contribution >= 4 is 51.2 Å². The molecule has 47 heavy (non-hydrogen) atoms. The minimum absolute atomic E-state index is 0.150. The van der Waals surface area contributed by atoms with E-state index >= 15 is 0 Å². The maximum atomic E-state index is 13.0. The van der Waals surface area contributed by atoms with Crippen LogP contribution in [-0.2, 0) is 33.9 Å². The van der Waals surface area contributed by atoms with Gasteiger partial charge in [0.25, 0.3) is 5.91 Å². The molecule has 0 spiro atoms. The zero-order valence-electron chi connectivity index (χ0n) is 28.1.